The highest BCUT2D eigenvalue weighted by molar-refractivity contribution is 5.28. The summed E-state index contributed by atoms with van der Waals surface area (Å²) in [6.07, 6.45) is 2.17. The van der Waals surface area contributed by atoms with E-state index in [4.69, 9.17) is 0 Å². The first-order valence-electron chi connectivity index (χ1n) is 7.71. The number of hydrogen-bond donors (Lipinski definition) is 2. The van der Waals surface area contributed by atoms with Gasteiger partial charge < -0.3 is 10.4 Å². The smallest absolute Gasteiger partial charge is 0.0869 e. The van der Waals surface area contributed by atoms with E-state index >= 15 is 0 Å². The van der Waals surface area contributed by atoms with Crippen LogP contribution in [-0.4, -0.2) is 47.8 Å². The summed E-state index contributed by atoms with van der Waals surface area (Å²) in [7, 11) is 0. The van der Waals surface area contributed by atoms with Gasteiger partial charge in [0.25, 0.3) is 0 Å². The lowest BCUT2D eigenvalue weighted by atomic mass is 10.0. The second kappa shape index (κ2) is 6.70. The van der Waals surface area contributed by atoms with Crippen LogP contribution in [0.5, 0.6) is 0 Å². The molecule has 3 heteroatoms. The van der Waals surface area contributed by atoms with Gasteiger partial charge in [-0.25, -0.2) is 0 Å². The first-order valence-corrected chi connectivity index (χ1v) is 7.71. The van der Waals surface area contributed by atoms with Crippen LogP contribution in [0, 0.1) is 0 Å². The molecular weight excluding hydrogens is 248 g/mol. The fourth-order valence-electron chi connectivity index (χ4n) is 2.83. The van der Waals surface area contributed by atoms with Crippen molar-refractivity contribution >= 4 is 0 Å². The predicted octanol–water partition coefficient (Wildman–Crippen LogP) is 1.84. The minimum absolute atomic E-state index is 0.412. The normalized spacial score (nSPS) is 19.4. The zero-order valence-electron chi connectivity index (χ0n) is 13.0. The molecular formula is C17H28N2O. The number of fused-ring (bicyclic) bond motifs is 1. The van der Waals surface area contributed by atoms with Gasteiger partial charge in [0.2, 0.25) is 0 Å². The molecule has 2 rings (SSSR count). The summed E-state index contributed by atoms with van der Waals surface area (Å²) in [5, 5.41) is 13.9. The van der Waals surface area contributed by atoms with Crippen LogP contribution < -0.4 is 5.32 Å². The van der Waals surface area contributed by atoms with Crippen molar-refractivity contribution in [3.63, 3.8) is 0 Å². The molecule has 0 saturated heterocycles. The van der Waals surface area contributed by atoms with Gasteiger partial charge in [0, 0.05) is 32.2 Å². The molecule has 1 aromatic carbocycles. The lowest BCUT2D eigenvalue weighted by Gasteiger charge is -2.31. The number of rotatable bonds is 5. The van der Waals surface area contributed by atoms with Gasteiger partial charge >= 0.3 is 0 Å². The highest BCUT2D eigenvalue weighted by Crippen LogP contribution is 2.17. The number of benzene rings is 1. The highest BCUT2D eigenvalue weighted by Gasteiger charge is 2.25. The summed E-state index contributed by atoms with van der Waals surface area (Å²) >= 11 is 0. The van der Waals surface area contributed by atoms with Crippen LogP contribution in [0.1, 0.15) is 31.9 Å². The molecule has 1 unspecified atom stereocenters. The van der Waals surface area contributed by atoms with E-state index in [1.807, 2.05) is 6.92 Å². The standard InChI is InChI=1S/C17H28N2O/c1-14(2)18-12-17(3,20)13-19-10-8-15-6-4-5-7-16(15)9-11-19/h4-7,14,18,20H,8-13H2,1-3H3. The number of hydrogen-bond acceptors (Lipinski definition) is 3. The molecule has 1 aliphatic rings. The molecule has 0 aliphatic carbocycles. The Kier molecular flexibility index (Phi) is 5.19. The van der Waals surface area contributed by atoms with E-state index in [-0.39, 0.29) is 0 Å². The van der Waals surface area contributed by atoms with Crippen LogP contribution in [-0.2, 0) is 12.8 Å². The SMILES string of the molecule is CC(C)NCC(C)(O)CN1CCc2ccccc2CC1. The Hall–Kier alpha value is -0.900. The lowest BCUT2D eigenvalue weighted by Crippen LogP contribution is -2.49. The molecule has 0 saturated carbocycles. The van der Waals surface area contributed by atoms with Gasteiger partial charge in [0.1, 0.15) is 0 Å². The molecule has 0 fully saturated rings. The zero-order chi connectivity index (χ0) is 14.6. The average molecular weight is 276 g/mol. The number of β-amino-alcohol motifs (C(OH)–C–C–N with tert-alkyl or cyclic N) is 1. The molecule has 1 atom stereocenters. The molecule has 20 heavy (non-hydrogen) atoms. The van der Waals surface area contributed by atoms with Gasteiger partial charge in [-0.1, -0.05) is 38.1 Å². The van der Waals surface area contributed by atoms with E-state index in [2.05, 4.69) is 48.3 Å². The molecule has 1 aromatic rings. The van der Waals surface area contributed by atoms with Crippen molar-refractivity contribution in [2.24, 2.45) is 0 Å². The Balaban J connectivity index is 1.89. The van der Waals surface area contributed by atoms with Crippen molar-refractivity contribution in [1.29, 1.82) is 0 Å². The molecule has 0 amide bonds. The summed E-state index contributed by atoms with van der Waals surface area (Å²) in [5.41, 5.74) is 2.27. The Morgan fingerprint density at radius 3 is 2.25 bits per heavy atom. The Bertz CT molecular complexity index is 402. The summed E-state index contributed by atoms with van der Waals surface area (Å²) in [4.78, 5) is 2.39. The molecule has 1 heterocycles. The predicted molar refractivity (Wildman–Crippen MR) is 84.1 cm³/mol. The lowest BCUT2D eigenvalue weighted by molar-refractivity contribution is 0.0198. The van der Waals surface area contributed by atoms with E-state index in [9.17, 15) is 5.11 Å². The summed E-state index contributed by atoms with van der Waals surface area (Å²) in [6, 6.07) is 9.12. The van der Waals surface area contributed by atoms with E-state index in [0.717, 1.165) is 32.5 Å². The molecule has 0 bridgehead atoms. The fraction of sp³-hybridized carbons (Fsp3) is 0.647. The van der Waals surface area contributed by atoms with Crippen LogP contribution in [0.2, 0.25) is 0 Å². The van der Waals surface area contributed by atoms with Crippen LogP contribution in [0.4, 0.5) is 0 Å². The quantitative estimate of drug-likeness (QED) is 0.861. The Labute approximate surface area is 123 Å². The van der Waals surface area contributed by atoms with Crippen molar-refractivity contribution in [2.75, 3.05) is 26.2 Å². The van der Waals surface area contributed by atoms with Crippen LogP contribution >= 0.6 is 0 Å². The second-order valence-corrected chi connectivity index (χ2v) is 6.58. The maximum Gasteiger partial charge on any atom is 0.0869 e. The van der Waals surface area contributed by atoms with E-state index in [1.165, 1.54) is 11.1 Å². The third-order valence-corrected chi connectivity index (χ3v) is 3.97. The molecule has 0 aromatic heterocycles. The van der Waals surface area contributed by atoms with Crippen molar-refractivity contribution in [1.82, 2.24) is 10.2 Å². The van der Waals surface area contributed by atoms with Gasteiger partial charge in [0.05, 0.1) is 5.60 Å². The third kappa shape index (κ3) is 4.58. The molecule has 112 valence electrons. The van der Waals surface area contributed by atoms with E-state index < -0.39 is 5.60 Å². The van der Waals surface area contributed by atoms with Crippen LogP contribution in [0.3, 0.4) is 0 Å². The van der Waals surface area contributed by atoms with Crippen molar-refractivity contribution in [2.45, 2.75) is 45.3 Å². The van der Waals surface area contributed by atoms with Gasteiger partial charge in [-0.05, 0) is 30.9 Å². The number of aliphatic hydroxyl groups is 1. The highest BCUT2D eigenvalue weighted by atomic mass is 16.3. The minimum Gasteiger partial charge on any atom is -0.388 e. The van der Waals surface area contributed by atoms with Gasteiger partial charge in [-0.15, -0.1) is 0 Å². The van der Waals surface area contributed by atoms with Crippen molar-refractivity contribution in [3.8, 4) is 0 Å². The molecule has 0 radical (unpaired) electrons. The van der Waals surface area contributed by atoms with Crippen molar-refractivity contribution < 1.29 is 5.11 Å². The van der Waals surface area contributed by atoms with Crippen LogP contribution in [0.25, 0.3) is 0 Å². The number of nitrogens with one attached hydrogen (secondary N) is 1. The third-order valence-electron chi connectivity index (χ3n) is 3.97. The zero-order valence-corrected chi connectivity index (χ0v) is 13.0. The van der Waals surface area contributed by atoms with Gasteiger partial charge in [-0.3, -0.25) is 4.90 Å². The topological polar surface area (TPSA) is 35.5 Å². The van der Waals surface area contributed by atoms with Gasteiger partial charge in [-0.2, -0.15) is 0 Å². The maximum absolute atomic E-state index is 10.5. The first kappa shape index (κ1) is 15.5. The average Bonchev–Trinajstić information content (AvgIpc) is 2.59. The molecule has 3 nitrogen and oxygen atoms in total. The second-order valence-electron chi connectivity index (χ2n) is 6.58. The minimum atomic E-state index is -0.666. The molecule has 2 N–H and O–H groups in total. The Morgan fingerprint density at radius 1 is 1.20 bits per heavy atom. The number of nitrogens with zero attached hydrogens (tertiary/aromatic N) is 1. The largest absolute Gasteiger partial charge is 0.388 e. The van der Waals surface area contributed by atoms with Gasteiger partial charge in [0.15, 0.2) is 0 Å². The summed E-state index contributed by atoms with van der Waals surface area (Å²) in [5.74, 6) is 0. The van der Waals surface area contributed by atoms with Crippen molar-refractivity contribution in [3.05, 3.63) is 35.4 Å². The fourth-order valence-corrected chi connectivity index (χ4v) is 2.83. The van der Waals surface area contributed by atoms with E-state index in [1.54, 1.807) is 0 Å². The molecule has 0 spiro atoms. The monoisotopic (exact) mass is 276 g/mol. The first-order chi connectivity index (χ1) is 9.46. The van der Waals surface area contributed by atoms with Crippen LogP contribution in [0.15, 0.2) is 24.3 Å². The molecule has 1 aliphatic heterocycles. The Morgan fingerprint density at radius 2 is 1.75 bits per heavy atom. The van der Waals surface area contributed by atoms with E-state index in [0.29, 0.717) is 12.6 Å². The maximum atomic E-state index is 10.5. The summed E-state index contributed by atoms with van der Waals surface area (Å²) in [6.45, 7) is 9.61. The summed E-state index contributed by atoms with van der Waals surface area (Å²) < 4.78 is 0.